The van der Waals surface area contributed by atoms with E-state index in [9.17, 15) is 22.7 Å². The number of carboxylic acids is 1. The Hall–Kier alpha value is -3.30. The van der Waals surface area contributed by atoms with Gasteiger partial charge in [0, 0.05) is 6.07 Å². The Morgan fingerprint density at radius 1 is 1.41 bits per heavy atom. The first-order valence-corrected chi connectivity index (χ1v) is 9.51. The minimum atomic E-state index is -2.72. The van der Waals surface area contributed by atoms with E-state index >= 15 is 0 Å². The number of guanidine groups is 1. The molecule has 1 heterocycles. The van der Waals surface area contributed by atoms with E-state index in [1.807, 2.05) is 0 Å². The zero-order chi connectivity index (χ0) is 21.6. The van der Waals surface area contributed by atoms with Gasteiger partial charge < -0.3 is 21.3 Å². The maximum absolute atomic E-state index is 14.4. The van der Waals surface area contributed by atoms with Crippen LogP contribution in [0.5, 0.6) is 0 Å². The van der Waals surface area contributed by atoms with E-state index in [1.165, 1.54) is 11.6 Å². The molecule has 0 aliphatic rings. The van der Waals surface area contributed by atoms with Crippen LogP contribution < -0.4 is 21.1 Å². The van der Waals surface area contributed by atoms with Crippen LogP contribution in [-0.4, -0.2) is 50.0 Å². The van der Waals surface area contributed by atoms with Crippen molar-refractivity contribution in [3.63, 3.8) is 0 Å². The number of rotatable bonds is 8. The Morgan fingerprint density at radius 3 is 2.72 bits per heavy atom. The largest absolute Gasteiger partial charge is 0.476 e. The van der Waals surface area contributed by atoms with Crippen molar-refractivity contribution in [2.75, 3.05) is 22.8 Å². The molecule has 0 radical (unpaired) electrons. The van der Waals surface area contributed by atoms with E-state index in [1.54, 1.807) is 0 Å². The first-order valence-electron chi connectivity index (χ1n) is 7.57. The number of nitrogens with one attached hydrogen (secondary N) is 1. The average Bonchev–Trinajstić information content (AvgIpc) is 3.10. The van der Waals surface area contributed by atoms with Gasteiger partial charge >= 0.3 is 12.1 Å². The summed E-state index contributed by atoms with van der Waals surface area (Å²) in [6.07, 6.45) is -0.972. The van der Waals surface area contributed by atoms with Crippen LogP contribution in [0, 0.1) is 5.82 Å². The number of carboxylic acid groups (broad SMARTS) is 1. The molecule has 1 unspecified atom stereocenters. The summed E-state index contributed by atoms with van der Waals surface area (Å²) in [5, 5.41) is 11.1. The minimum absolute atomic E-state index is 0.0230. The summed E-state index contributed by atoms with van der Waals surface area (Å²) < 4.78 is 41.1. The second-order valence-corrected chi connectivity index (χ2v) is 6.73. The van der Waals surface area contributed by atoms with Crippen LogP contribution in [0.15, 0.2) is 28.7 Å². The predicted molar refractivity (Wildman–Crippen MR) is 104 cm³/mol. The standard InChI is InChI=1S/C14H15FN6O6S2/c15-8-5-7(21(29(25)26)11-10(12(22)23)19-6-28-11)1-2-9(8)20-14(24)27-4-3-18-13(16)17/h1-2,5-6H,3-4H2,(H,20,24)(H,22,23)(H,25,26)(H4,16,17,18). The highest BCUT2D eigenvalue weighted by Crippen LogP contribution is 2.34. The number of aliphatic imine (C=N–C) groups is 1. The summed E-state index contributed by atoms with van der Waals surface area (Å²) in [5.74, 6) is -2.55. The lowest BCUT2D eigenvalue weighted by molar-refractivity contribution is 0.0692. The average molecular weight is 446 g/mol. The lowest BCUT2D eigenvalue weighted by Crippen LogP contribution is -2.24. The number of hydrogen-bond donors (Lipinski definition) is 5. The van der Waals surface area contributed by atoms with Crippen molar-refractivity contribution < 1.29 is 32.6 Å². The monoisotopic (exact) mass is 446 g/mol. The molecular formula is C14H15FN6O6S2. The molecule has 2 aromatic rings. The summed E-state index contributed by atoms with van der Waals surface area (Å²) >= 11 is -1.93. The molecule has 0 spiro atoms. The van der Waals surface area contributed by atoms with E-state index in [-0.39, 0.29) is 35.5 Å². The number of hydrogen-bond acceptors (Lipinski definition) is 7. The highest BCUT2D eigenvalue weighted by atomic mass is 32.2. The van der Waals surface area contributed by atoms with Crippen LogP contribution in [0.4, 0.5) is 25.6 Å². The van der Waals surface area contributed by atoms with Gasteiger partial charge in [-0.25, -0.2) is 27.5 Å². The number of ether oxygens (including phenoxy) is 1. The number of aromatic nitrogens is 1. The molecule has 156 valence electrons. The van der Waals surface area contributed by atoms with Gasteiger partial charge in [-0.1, -0.05) is 0 Å². The normalized spacial score (nSPS) is 11.4. The van der Waals surface area contributed by atoms with Crippen molar-refractivity contribution in [3.05, 3.63) is 35.2 Å². The fraction of sp³-hybridized carbons (Fsp3) is 0.143. The zero-order valence-electron chi connectivity index (χ0n) is 14.4. The molecule has 0 bridgehead atoms. The van der Waals surface area contributed by atoms with Gasteiger partial charge in [0.2, 0.25) is 0 Å². The molecule has 29 heavy (non-hydrogen) atoms. The van der Waals surface area contributed by atoms with Gasteiger partial charge in [0.15, 0.2) is 11.7 Å². The molecule has 0 saturated carbocycles. The zero-order valence-corrected chi connectivity index (χ0v) is 16.1. The summed E-state index contributed by atoms with van der Waals surface area (Å²) in [6, 6.07) is 3.16. The number of amides is 1. The Morgan fingerprint density at radius 2 is 2.14 bits per heavy atom. The number of benzene rings is 1. The number of anilines is 3. The number of nitrogens with two attached hydrogens (primary N) is 2. The van der Waals surface area contributed by atoms with E-state index in [2.05, 4.69) is 15.3 Å². The molecule has 0 aliphatic carbocycles. The summed E-state index contributed by atoms with van der Waals surface area (Å²) in [4.78, 5) is 30.1. The Kier molecular flexibility index (Phi) is 7.40. The van der Waals surface area contributed by atoms with Gasteiger partial charge in [-0.3, -0.25) is 14.9 Å². The SMILES string of the molecule is NC(N)=NCCOC(=O)Nc1ccc(N(c2scnc2C(=O)O)S(=O)O)cc1F. The van der Waals surface area contributed by atoms with Crippen LogP contribution in [-0.2, 0) is 16.0 Å². The predicted octanol–water partition coefficient (Wildman–Crippen LogP) is 1.08. The molecule has 1 aromatic carbocycles. The van der Waals surface area contributed by atoms with Gasteiger partial charge in [0.1, 0.15) is 17.4 Å². The maximum atomic E-state index is 14.4. The Bertz CT molecular complexity index is 964. The molecule has 0 aliphatic heterocycles. The van der Waals surface area contributed by atoms with Crippen molar-refractivity contribution in [3.8, 4) is 0 Å². The first kappa shape index (κ1) is 22.0. The summed E-state index contributed by atoms with van der Waals surface area (Å²) in [6.45, 7) is -0.126. The van der Waals surface area contributed by atoms with E-state index < -0.39 is 34.8 Å². The highest BCUT2D eigenvalue weighted by molar-refractivity contribution is 7.81. The van der Waals surface area contributed by atoms with Crippen LogP contribution >= 0.6 is 11.3 Å². The Balaban J connectivity index is 2.17. The van der Waals surface area contributed by atoms with Gasteiger partial charge in [-0.05, 0) is 12.1 Å². The third kappa shape index (κ3) is 5.84. The van der Waals surface area contributed by atoms with Gasteiger partial charge in [-0.2, -0.15) is 0 Å². The molecule has 7 N–H and O–H groups in total. The van der Waals surface area contributed by atoms with E-state index in [0.29, 0.717) is 4.31 Å². The van der Waals surface area contributed by atoms with E-state index in [0.717, 1.165) is 23.5 Å². The first-order chi connectivity index (χ1) is 13.7. The number of thiazole rings is 1. The number of halogens is 1. The topological polar surface area (TPSA) is 193 Å². The smallest absolute Gasteiger partial charge is 0.411 e. The van der Waals surface area contributed by atoms with Crippen molar-refractivity contribution in [1.29, 1.82) is 0 Å². The van der Waals surface area contributed by atoms with Crippen LogP contribution in [0.2, 0.25) is 0 Å². The molecule has 1 atom stereocenters. The number of carbonyl (C=O) groups is 2. The van der Waals surface area contributed by atoms with Crippen LogP contribution in [0.1, 0.15) is 10.5 Å². The summed E-state index contributed by atoms with van der Waals surface area (Å²) in [5.41, 5.74) is 10.5. The van der Waals surface area contributed by atoms with Gasteiger partial charge in [-0.15, -0.1) is 11.3 Å². The van der Waals surface area contributed by atoms with Gasteiger partial charge in [0.05, 0.1) is 23.4 Å². The second kappa shape index (κ2) is 9.76. The van der Waals surface area contributed by atoms with Crippen molar-refractivity contribution in [2.24, 2.45) is 16.5 Å². The van der Waals surface area contributed by atoms with Gasteiger partial charge in [0.25, 0.3) is 11.3 Å². The van der Waals surface area contributed by atoms with Crippen molar-refractivity contribution in [2.45, 2.75) is 0 Å². The van der Waals surface area contributed by atoms with Crippen molar-refractivity contribution >= 4 is 57.0 Å². The van der Waals surface area contributed by atoms with Crippen molar-refractivity contribution in [1.82, 2.24) is 4.98 Å². The van der Waals surface area contributed by atoms with Crippen LogP contribution in [0.3, 0.4) is 0 Å². The maximum Gasteiger partial charge on any atom is 0.411 e. The lowest BCUT2D eigenvalue weighted by Gasteiger charge is -2.19. The molecular weight excluding hydrogens is 431 g/mol. The Labute approximate surface area is 169 Å². The molecule has 1 amide bonds. The second-order valence-electron chi connectivity index (χ2n) is 5.07. The van der Waals surface area contributed by atoms with E-state index in [4.69, 9.17) is 21.3 Å². The number of aromatic carboxylic acids is 1. The fourth-order valence-corrected chi connectivity index (χ4v) is 3.55. The molecule has 0 fully saturated rings. The molecule has 15 heteroatoms. The quantitative estimate of drug-likeness (QED) is 0.171. The molecule has 1 aromatic heterocycles. The molecule has 2 rings (SSSR count). The lowest BCUT2D eigenvalue weighted by atomic mass is 10.2. The molecule has 0 saturated heterocycles. The third-order valence-electron chi connectivity index (χ3n) is 3.13. The number of nitrogens with zero attached hydrogens (tertiary/aromatic N) is 3. The fourth-order valence-electron chi connectivity index (χ4n) is 2.00. The van der Waals surface area contributed by atoms with Crippen LogP contribution in [0.25, 0.3) is 0 Å². The highest BCUT2D eigenvalue weighted by Gasteiger charge is 2.25. The number of carbonyl (C=O) groups excluding carboxylic acids is 1. The third-order valence-corrected chi connectivity index (χ3v) is 4.77. The minimum Gasteiger partial charge on any atom is -0.476 e. The molecule has 12 nitrogen and oxygen atoms in total. The summed E-state index contributed by atoms with van der Waals surface area (Å²) in [7, 11) is 0.